The van der Waals surface area contributed by atoms with Crippen LogP contribution in [-0.4, -0.2) is 11.2 Å². The van der Waals surface area contributed by atoms with Gasteiger partial charge in [-0.2, -0.15) is 5.26 Å². The Morgan fingerprint density at radius 2 is 1.95 bits per heavy atom. The van der Waals surface area contributed by atoms with Crippen molar-refractivity contribution < 1.29 is 14.5 Å². The largest absolute Gasteiger partial charge is 0.457 e. The molecule has 2 rings (SSSR count). The highest BCUT2D eigenvalue weighted by molar-refractivity contribution is 5.80. The molecule has 0 atom stereocenters. The van der Waals surface area contributed by atoms with Gasteiger partial charge in [0.2, 0.25) is 0 Å². The topological polar surface area (TPSA) is 93.2 Å². The van der Waals surface area contributed by atoms with E-state index in [0.717, 1.165) is 11.6 Å². The van der Waals surface area contributed by atoms with Crippen LogP contribution >= 0.6 is 0 Å². The van der Waals surface area contributed by atoms with Gasteiger partial charge in [0.15, 0.2) is 6.29 Å². The lowest BCUT2D eigenvalue weighted by Crippen LogP contribution is -1.94. The second kappa shape index (κ2) is 6.30. The van der Waals surface area contributed by atoms with Crippen molar-refractivity contribution in [1.82, 2.24) is 0 Å². The van der Waals surface area contributed by atoms with Gasteiger partial charge in [-0.05, 0) is 23.8 Å². The van der Waals surface area contributed by atoms with Crippen LogP contribution in [0.3, 0.4) is 0 Å². The van der Waals surface area contributed by atoms with Gasteiger partial charge < -0.3 is 4.74 Å². The summed E-state index contributed by atoms with van der Waals surface area (Å²) in [6.07, 6.45) is 0.809. The number of carbonyl (C=O) groups is 1. The van der Waals surface area contributed by atoms with Crippen molar-refractivity contribution in [2.24, 2.45) is 0 Å². The molecule has 0 saturated heterocycles. The Morgan fingerprint density at radius 3 is 2.52 bits per heavy atom. The third kappa shape index (κ3) is 3.42. The maximum absolute atomic E-state index is 11.0. The molecular formula is C15H10N2O4. The molecule has 0 amide bonds. The first-order chi connectivity index (χ1) is 10.1. The number of carbonyl (C=O) groups excluding carboxylic acids is 1. The highest BCUT2D eigenvalue weighted by atomic mass is 16.6. The Bertz CT molecular complexity index is 717. The fraction of sp³-hybridized carbons (Fsp3) is 0.0667. The van der Waals surface area contributed by atoms with Crippen LogP contribution < -0.4 is 4.74 Å². The first kappa shape index (κ1) is 14.2. The monoisotopic (exact) mass is 282 g/mol. The third-order valence-corrected chi connectivity index (χ3v) is 2.77. The zero-order chi connectivity index (χ0) is 15.2. The molecule has 0 heterocycles. The third-order valence-electron chi connectivity index (χ3n) is 2.77. The molecule has 0 aliphatic carbocycles. The van der Waals surface area contributed by atoms with E-state index in [-0.39, 0.29) is 17.0 Å². The first-order valence-corrected chi connectivity index (χ1v) is 6.01. The predicted octanol–water partition coefficient (Wildman–Crippen LogP) is 3.27. The summed E-state index contributed by atoms with van der Waals surface area (Å²) in [6.45, 7) is 0. The Balaban J connectivity index is 2.24. The van der Waals surface area contributed by atoms with Crippen LogP contribution in [0.1, 0.15) is 15.9 Å². The van der Waals surface area contributed by atoms with Crippen molar-refractivity contribution in [2.75, 3.05) is 0 Å². The van der Waals surface area contributed by atoms with E-state index in [1.165, 1.54) is 12.1 Å². The second-order valence-electron chi connectivity index (χ2n) is 4.18. The van der Waals surface area contributed by atoms with Crippen LogP contribution in [0.15, 0.2) is 42.5 Å². The lowest BCUT2D eigenvalue weighted by molar-refractivity contribution is -0.384. The van der Waals surface area contributed by atoms with Gasteiger partial charge in [0.05, 0.1) is 23.0 Å². The standard InChI is InChI=1S/C15H10N2O4/c16-8-7-11-1-4-14(5-2-11)21-15-6-3-13(17(19)20)9-12(15)10-18/h1-6,9-10H,7H2. The summed E-state index contributed by atoms with van der Waals surface area (Å²) < 4.78 is 5.53. The quantitative estimate of drug-likeness (QED) is 0.476. The van der Waals surface area contributed by atoms with E-state index in [2.05, 4.69) is 0 Å². The van der Waals surface area contributed by atoms with E-state index in [1.807, 2.05) is 6.07 Å². The van der Waals surface area contributed by atoms with E-state index in [9.17, 15) is 14.9 Å². The van der Waals surface area contributed by atoms with E-state index in [4.69, 9.17) is 10.00 Å². The number of aldehydes is 1. The molecule has 0 aliphatic rings. The number of non-ortho nitro benzene ring substituents is 1. The molecule has 0 unspecified atom stereocenters. The Morgan fingerprint density at radius 1 is 1.24 bits per heavy atom. The normalized spacial score (nSPS) is 9.67. The molecule has 2 aromatic carbocycles. The molecule has 21 heavy (non-hydrogen) atoms. The summed E-state index contributed by atoms with van der Waals surface area (Å²) in [4.78, 5) is 21.1. The smallest absolute Gasteiger partial charge is 0.270 e. The molecular weight excluding hydrogens is 272 g/mol. The Hall–Kier alpha value is -3.20. The minimum absolute atomic E-state index is 0.102. The molecule has 6 nitrogen and oxygen atoms in total. The molecule has 0 aliphatic heterocycles. The minimum atomic E-state index is -0.576. The summed E-state index contributed by atoms with van der Waals surface area (Å²) in [7, 11) is 0. The van der Waals surface area contributed by atoms with Crippen molar-refractivity contribution in [3.05, 3.63) is 63.7 Å². The van der Waals surface area contributed by atoms with E-state index >= 15 is 0 Å². The molecule has 104 valence electrons. The molecule has 0 bridgehead atoms. The maximum Gasteiger partial charge on any atom is 0.270 e. The number of nitriles is 1. The fourth-order valence-corrected chi connectivity index (χ4v) is 1.73. The van der Waals surface area contributed by atoms with Gasteiger partial charge in [-0.25, -0.2) is 0 Å². The number of benzene rings is 2. The van der Waals surface area contributed by atoms with Crippen molar-refractivity contribution in [3.63, 3.8) is 0 Å². The number of hydrogen-bond acceptors (Lipinski definition) is 5. The van der Waals surface area contributed by atoms with Crippen LogP contribution in [0.4, 0.5) is 5.69 Å². The van der Waals surface area contributed by atoms with E-state index in [0.29, 0.717) is 18.5 Å². The average molecular weight is 282 g/mol. The summed E-state index contributed by atoms with van der Waals surface area (Å²) in [5.74, 6) is 0.720. The van der Waals surface area contributed by atoms with Crippen LogP contribution in [-0.2, 0) is 6.42 Å². The van der Waals surface area contributed by atoms with Crippen molar-refractivity contribution >= 4 is 12.0 Å². The molecule has 0 saturated carbocycles. The van der Waals surface area contributed by atoms with Crippen LogP contribution in [0.5, 0.6) is 11.5 Å². The molecule has 0 aromatic heterocycles. The zero-order valence-corrected chi connectivity index (χ0v) is 10.9. The first-order valence-electron chi connectivity index (χ1n) is 6.01. The van der Waals surface area contributed by atoms with Crippen LogP contribution in [0.25, 0.3) is 0 Å². The number of ether oxygens (including phenoxy) is 1. The highest BCUT2D eigenvalue weighted by Crippen LogP contribution is 2.27. The van der Waals surface area contributed by atoms with Gasteiger partial charge in [0.25, 0.3) is 5.69 Å². The molecule has 0 fully saturated rings. The van der Waals surface area contributed by atoms with Gasteiger partial charge in [-0.15, -0.1) is 0 Å². The summed E-state index contributed by atoms with van der Waals surface area (Å²) in [5, 5.41) is 19.2. The molecule has 0 N–H and O–H groups in total. The summed E-state index contributed by atoms with van der Waals surface area (Å²) in [6, 6.07) is 12.7. The van der Waals surface area contributed by atoms with Gasteiger partial charge in [0.1, 0.15) is 11.5 Å². The van der Waals surface area contributed by atoms with Gasteiger partial charge in [-0.1, -0.05) is 12.1 Å². The van der Waals surface area contributed by atoms with Crippen molar-refractivity contribution in [2.45, 2.75) is 6.42 Å². The number of hydrogen-bond donors (Lipinski definition) is 0. The van der Waals surface area contributed by atoms with Gasteiger partial charge in [0, 0.05) is 12.1 Å². The van der Waals surface area contributed by atoms with Crippen molar-refractivity contribution in [3.8, 4) is 17.6 Å². The second-order valence-corrected chi connectivity index (χ2v) is 4.18. The minimum Gasteiger partial charge on any atom is -0.457 e. The lowest BCUT2D eigenvalue weighted by Gasteiger charge is -2.08. The number of nitro benzene ring substituents is 1. The molecule has 6 heteroatoms. The average Bonchev–Trinajstić information content (AvgIpc) is 2.49. The predicted molar refractivity (Wildman–Crippen MR) is 74.3 cm³/mol. The molecule has 0 spiro atoms. The highest BCUT2D eigenvalue weighted by Gasteiger charge is 2.12. The number of rotatable bonds is 5. The number of nitro groups is 1. The molecule has 0 radical (unpaired) electrons. The van der Waals surface area contributed by atoms with E-state index < -0.39 is 4.92 Å². The number of nitrogens with zero attached hydrogens (tertiary/aromatic N) is 2. The summed E-state index contributed by atoms with van der Waals surface area (Å²) >= 11 is 0. The van der Waals surface area contributed by atoms with E-state index in [1.54, 1.807) is 24.3 Å². The van der Waals surface area contributed by atoms with Gasteiger partial charge in [-0.3, -0.25) is 14.9 Å². The fourth-order valence-electron chi connectivity index (χ4n) is 1.73. The van der Waals surface area contributed by atoms with Gasteiger partial charge >= 0.3 is 0 Å². The van der Waals surface area contributed by atoms with Crippen molar-refractivity contribution in [1.29, 1.82) is 5.26 Å². The lowest BCUT2D eigenvalue weighted by atomic mass is 10.1. The molecule has 2 aromatic rings. The van der Waals surface area contributed by atoms with Crippen LogP contribution in [0, 0.1) is 21.4 Å². The maximum atomic E-state index is 11.0. The van der Waals surface area contributed by atoms with Crippen LogP contribution in [0.2, 0.25) is 0 Å². The zero-order valence-electron chi connectivity index (χ0n) is 10.9. The Labute approximate surface area is 120 Å². The summed E-state index contributed by atoms with van der Waals surface area (Å²) in [5.41, 5.74) is 0.781. The SMILES string of the molecule is N#CCc1ccc(Oc2ccc([N+](=O)[O-])cc2C=O)cc1. The Kier molecular flexibility index (Phi) is 4.26.